The highest BCUT2D eigenvalue weighted by molar-refractivity contribution is 6.30. The molecule has 5 heteroatoms. The first kappa shape index (κ1) is 18.5. The van der Waals surface area contributed by atoms with Gasteiger partial charge in [-0.1, -0.05) is 29.8 Å². The number of fused-ring (bicyclic) bond motifs is 1. The lowest BCUT2D eigenvalue weighted by Gasteiger charge is -2.16. The number of ether oxygens (including phenoxy) is 1. The van der Waals surface area contributed by atoms with Gasteiger partial charge in [-0.3, -0.25) is 4.79 Å². The van der Waals surface area contributed by atoms with Crippen LogP contribution in [0.2, 0.25) is 5.02 Å². The monoisotopic (exact) mass is 371 g/mol. The maximum atomic E-state index is 12.2. The zero-order valence-corrected chi connectivity index (χ0v) is 15.5. The van der Waals surface area contributed by atoms with E-state index < -0.39 is 5.97 Å². The van der Waals surface area contributed by atoms with E-state index in [1.54, 1.807) is 18.2 Å². The number of rotatable bonds is 5. The Morgan fingerprint density at radius 3 is 2.50 bits per heavy atom. The first-order valence-corrected chi connectivity index (χ1v) is 9.24. The molecule has 1 N–H and O–H groups in total. The van der Waals surface area contributed by atoms with E-state index in [1.807, 2.05) is 31.2 Å². The summed E-state index contributed by atoms with van der Waals surface area (Å²) in [6, 6.07) is 12.7. The molecule has 3 rings (SSSR count). The fourth-order valence-electron chi connectivity index (χ4n) is 3.19. The summed E-state index contributed by atoms with van der Waals surface area (Å²) in [5.41, 5.74) is 3.96. The molecule has 0 unspecified atom stereocenters. The van der Waals surface area contributed by atoms with Crippen molar-refractivity contribution in [2.75, 3.05) is 6.61 Å². The minimum atomic E-state index is -0.465. The van der Waals surface area contributed by atoms with Gasteiger partial charge in [0, 0.05) is 5.02 Å². The van der Waals surface area contributed by atoms with Crippen LogP contribution in [0.5, 0.6) is 0 Å². The summed E-state index contributed by atoms with van der Waals surface area (Å²) in [4.78, 5) is 24.3. The number of esters is 1. The van der Waals surface area contributed by atoms with Crippen molar-refractivity contribution in [1.82, 2.24) is 5.32 Å². The molecule has 0 aliphatic heterocycles. The maximum absolute atomic E-state index is 12.2. The zero-order chi connectivity index (χ0) is 18.5. The number of carbonyl (C=O) groups is 2. The molecule has 0 heterocycles. The molecule has 2 aromatic carbocycles. The van der Waals surface area contributed by atoms with Crippen LogP contribution in [0.3, 0.4) is 0 Å². The first-order chi connectivity index (χ1) is 12.5. The van der Waals surface area contributed by atoms with Gasteiger partial charge in [0.25, 0.3) is 5.91 Å². The summed E-state index contributed by atoms with van der Waals surface area (Å²) in [5.74, 6) is -0.800. The Kier molecular flexibility index (Phi) is 5.94. The van der Waals surface area contributed by atoms with Crippen LogP contribution in [0.4, 0.5) is 0 Å². The van der Waals surface area contributed by atoms with Crippen molar-refractivity contribution in [3.63, 3.8) is 0 Å². The molecule has 1 aliphatic carbocycles. The molecule has 0 aromatic heterocycles. The van der Waals surface area contributed by atoms with Crippen LogP contribution in [0, 0.1) is 0 Å². The van der Waals surface area contributed by atoms with Gasteiger partial charge in [-0.25, -0.2) is 4.79 Å². The number of nitrogens with one attached hydrogen (secondary N) is 1. The summed E-state index contributed by atoms with van der Waals surface area (Å²) in [7, 11) is 0. The Morgan fingerprint density at radius 1 is 1.08 bits per heavy atom. The van der Waals surface area contributed by atoms with E-state index in [-0.39, 0.29) is 18.6 Å². The number of carbonyl (C=O) groups excluding carboxylic acids is 2. The van der Waals surface area contributed by atoms with Crippen LogP contribution in [-0.4, -0.2) is 18.5 Å². The normalized spacial score (nSPS) is 14.2. The van der Waals surface area contributed by atoms with Crippen LogP contribution in [0.15, 0.2) is 42.5 Å². The lowest BCUT2D eigenvalue weighted by molar-refractivity contribution is -0.124. The summed E-state index contributed by atoms with van der Waals surface area (Å²) in [6.07, 6.45) is 4.41. The van der Waals surface area contributed by atoms with Gasteiger partial charge in [-0.15, -0.1) is 0 Å². The van der Waals surface area contributed by atoms with Crippen LogP contribution in [-0.2, 0) is 22.4 Å². The summed E-state index contributed by atoms with van der Waals surface area (Å²) in [5, 5.41) is 3.46. The molecular formula is C21H22ClNO3. The van der Waals surface area contributed by atoms with Gasteiger partial charge in [0.05, 0.1) is 11.6 Å². The second-order valence-corrected chi connectivity index (χ2v) is 7.04. The Labute approximate surface area is 158 Å². The summed E-state index contributed by atoms with van der Waals surface area (Å²) < 4.78 is 5.16. The molecule has 2 aromatic rings. The molecule has 0 bridgehead atoms. The second kappa shape index (κ2) is 8.37. The highest BCUT2D eigenvalue weighted by atomic mass is 35.5. The number of aryl methyl sites for hydroxylation is 2. The van der Waals surface area contributed by atoms with E-state index in [0.717, 1.165) is 24.8 Å². The average molecular weight is 372 g/mol. The molecule has 0 saturated heterocycles. The van der Waals surface area contributed by atoms with Crippen molar-refractivity contribution >= 4 is 23.5 Å². The highest BCUT2D eigenvalue weighted by Crippen LogP contribution is 2.22. The Hall–Kier alpha value is -2.33. The molecule has 4 nitrogen and oxygen atoms in total. The third-order valence-corrected chi connectivity index (χ3v) is 4.92. The number of hydrogen-bond acceptors (Lipinski definition) is 3. The average Bonchev–Trinajstić information content (AvgIpc) is 2.66. The van der Waals surface area contributed by atoms with Crippen LogP contribution in [0.1, 0.15) is 52.9 Å². The van der Waals surface area contributed by atoms with E-state index in [9.17, 15) is 9.59 Å². The molecule has 0 radical (unpaired) electrons. The van der Waals surface area contributed by atoms with Gasteiger partial charge in [0.15, 0.2) is 6.61 Å². The molecule has 136 valence electrons. The van der Waals surface area contributed by atoms with Crippen LogP contribution >= 0.6 is 11.6 Å². The third-order valence-electron chi connectivity index (χ3n) is 4.67. The fourth-order valence-corrected chi connectivity index (χ4v) is 3.32. The Bertz CT molecular complexity index is 801. The van der Waals surface area contributed by atoms with Crippen molar-refractivity contribution in [3.8, 4) is 0 Å². The van der Waals surface area contributed by atoms with Crippen molar-refractivity contribution in [2.24, 2.45) is 0 Å². The predicted octanol–water partition coefficient (Wildman–Crippen LogP) is 4.25. The first-order valence-electron chi connectivity index (χ1n) is 8.86. The number of benzene rings is 2. The van der Waals surface area contributed by atoms with Crippen LogP contribution in [0.25, 0.3) is 0 Å². The smallest absolute Gasteiger partial charge is 0.338 e. The van der Waals surface area contributed by atoms with Gasteiger partial charge in [0.2, 0.25) is 0 Å². The number of halogens is 1. The summed E-state index contributed by atoms with van der Waals surface area (Å²) in [6.45, 7) is 1.57. The molecule has 0 spiro atoms. The predicted molar refractivity (Wildman–Crippen MR) is 101 cm³/mol. The SMILES string of the molecule is C[C@H](NC(=O)COC(=O)c1ccc2c(c1)CCCC2)c1ccc(Cl)cc1. The van der Waals surface area contributed by atoms with Crippen molar-refractivity contribution in [2.45, 2.75) is 38.6 Å². The third kappa shape index (κ3) is 4.64. The largest absolute Gasteiger partial charge is 0.452 e. The Morgan fingerprint density at radius 2 is 1.77 bits per heavy atom. The van der Waals surface area contributed by atoms with Crippen molar-refractivity contribution < 1.29 is 14.3 Å². The van der Waals surface area contributed by atoms with E-state index in [1.165, 1.54) is 17.5 Å². The maximum Gasteiger partial charge on any atom is 0.338 e. The quantitative estimate of drug-likeness (QED) is 0.799. The van der Waals surface area contributed by atoms with Gasteiger partial charge >= 0.3 is 5.97 Å². The lowest BCUT2D eigenvalue weighted by Crippen LogP contribution is -2.31. The van der Waals surface area contributed by atoms with E-state index >= 15 is 0 Å². The molecule has 1 amide bonds. The molecule has 1 atom stereocenters. The zero-order valence-electron chi connectivity index (χ0n) is 14.8. The van der Waals surface area contributed by atoms with Gasteiger partial charge in [-0.05, 0) is 73.6 Å². The van der Waals surface area contributed by atoms with Crippen LogP contribution < -0.4 is 5.32 Å². The molecular weight excluding hydrogens is 350 g/mol. The molecule has 26 heavy (non-hydrogen) atoms. The minimum Gasteiger partial charge on any atom is -0.452 e. The van der Waals surface area contributed by atoms with Gasteiger partial charge in [0.1, 0.15) is 0 Å². The van der Waals surface area contributed by atoms with E-state index in [2.05, 4.69) is 5.32 Å². The van der Waals surface area contributed by atoms with Gasteiger partial charge in [-0.2, -0.15) is 0 Å². The standard InChI is InChI=1S/C21H22ClNO3/c1-14(15-8-10-19(22)11-9-15)23-20(24)13-26-21(25)18-7-6-16-4-2-3-5-17(16)12-18/h6-12,14H,2-5,13H2,1H3,(H,23,24)/t14-/m0/s1. The van der Waals surface area contributed by atoms with Gasteiger partial charge < -0.3 is 10.1 Å². The topological polar surface area (TPSA) is 55.4 Å². The molecule has 0 saturated carbocycles. The lowest BCUT2D eigenvalue weighted by atomic mass is 9.90. The fraction of sp³-hybridized carbons (Fsp3) is 0.333. The van der Waals surface area contributed by atoms with Crippen molar-refractivity contribution in [3.05, 3.63) is 69.7 Å². The molecule has 1 aliphatic rings. The number of amides is 1. The van der Waals surface area contributed by atoms with E-state index in [4.69, 9.17) is 16.3 Å². The second-order valence-electron chi connectivity index (χ2n) is 6.61. The van der Waals surface area contributed by atoms with Crippen molar-refractivity contribution in [1.29, 1.82) is 0 Å². The minimum absolute atomic E-state index is 0.192. The van der Waals surface area contributed by atoms with E-state index in [0.29, 0.717) is 10.6 Å². The number of hydrogen-bond donors (Lipinski definition) is 1. The Balaban J connectivity index is 1.52. The summed E-state index contributed by atoms with van der Waals surface area (Å²) >= 11 is 5.86. The highest BCUT2D eigenvalue weighted by Gasteiger charge is 2.16. The molecule has 0 fully saturated rings.